The summed E-state index contributed by atoms with van der Waals surface area (Å²) in [6.45, 7) is 7.79. The van der Waals surface area contributed by atoms with Crippen LogP contribution in [0.5, 0.6) is 0 Å². The van der Waals surface area contributed by atoms with Gasteiger partial charge in [-0.25, -0.2) is 4.98 Å². The lowest BCUT2D eigenvalue weighted by Crippen LogP contribution is -2.42. The Balaban J connectivity index is 1.44. The van der Waals surface area contributed by atoms with Crippen LogP contribution in [0.1, 0.15) is 11.3 Å². The summed E-state index contributed by atoms with van der Waals surface area (Å²) < 4.78 is 12.9. The largest absolute Gasteiger partial charge is 0.377 e. The summed E-state index contributed by atoms with van der Waals surface area (Å²) in [5, 5.41) is 7.44. The van der Waals surface area contributed by atoms with E-state index < -0.39 is 0 Å². The Bertz CT molecular complexity index is 1510. The highest BCUT2D eigenvalue weighted by molar-refractivity contribution is 5.83. The maximum absolute atomic E-state index is 14.0. The second-order valence-electron chi connectivity index (χ2n) is 9.72. The van der Waals surface area contributed by atoms with Crippen LogP contribution < -0.4 is 16.2 Å². The first-order chi connectivity index (χ1) is 18.0. The number of pyridine rings is 2. The Morgan fingerprint density at radius 2 is 2.00 bits per heavy atom. The number of aryl methyl sites for hydroxylation is 2. The van der Waals surface area contributed by atoms with Crippen LogP contribution in [-0.4, -0.2) is 64.6 Å². The first kappa shape index (κ1) is 23.7. The summed E-state index contributed by atoms with van der Waals surface area (Å²) >= 11 is 0. The van der Waals surface area contributed by atoms with Crippen LogP contribution in [-0.2, 0) is 16.0 Å². The molecule has 0 bridgehead atoms. The molecule has 3 aromatic heterocycles. The fourth-order valence-corrected chi connectivity index (χ4v) is 4.86. The minimum absolute atomic E-state index is 0.0946. The molecular weight excluding hydrogens is 468 g/mol. The molecule has 37 heavy (non-hydrogen) atoms. The number of ether oxygens (including phenoxy) is 2. The molecule has 1 atom stereocenters. The summed E-state index contributed by atoms with van der Waals surface area (Å²) in [4.78, 5) is 27.9. The van der Waals surface area contributed by atoms with Crippen LogP contribution in [0.4, 0.5) is 5.95 Å². The lowest BCUT2D eigenvalue weighted by atomic mass is 9.97. The Kier molecular flexibility index (Phi) is 6.42. The van der Waals surface area contributed by atoms with Crippen molar-refractivity contribution >= 4 is 17.0 Å². The topological polar surface area (TPSA) is 103 Å². The van der Waals surface area contributed by atoms with Crippen LogP contribution in [0.15, 0.2) is 53.5 Å². The Labute approximate surface area is 214 Å². The van der Waals surface area contributed by atoms with Crippen LogP contribution in [0.3, 0.4) is 0 Å². The summed E-state index contributed by atoms with van der Waals surface area (Å²) in [5.74, 6) is 0.496. The molecular formula is C28H30N6O3. The average Bonchev–Trinajstić information content (AvgIpc) is 2.88. The van der Waals surface area contributed by atoms with E-state index in [0.29, 0.717) is 50.1 Å². The van der Waals surface area contributed by atoms with Gasteiger partial charge >= 0.3 is 0 Å². The summed E-state index contributed by atoms with van der Waals surface area (Å²) in [7, 11) is 0. The molecule has 2 aliphatic rings. The molecule has 2 N–H and O–H groups in total. The molecule has 0 unspecified atom stereocenters. The molecule has 9 heteroatoms. The van der Waals surface area contributed by atoms with Gasteiger partial charge < -0.3 is 20.1 Å². The molecule has 5 heterocycles. The van der Waals surface area contributed by atoms with Crippen molar-refractivity contribution < 1.29 is 9.47 Å². The van der Waals surface area contributed by atoms with Crippen molar-refractivity contribution in [2.24, 2.45) is 0 Å². The molecule has 9 nitrogen and oxygen atoms in total. The molecule has 0 radical (unpaired) electrons. The second-order valence-corrected chi connectivity index (χ2v) is 9.72. The van der Waals surface area contributed by atoms with Gasteiger partial charge in [0.2, 0.25) is 5.95 Å². The first-order valence-corrected chi connectivity index (χ1v) is 12.7. The standard InChI is InChI=1S/C28H30N6O3/c1-17-10-19(25-5-3-4-18(2)31-25)6-7-23(17)24-11-20-12-30-28(32-21-15-36-16-21)33-26(20)34(27(24)35)14-22-13-29-8-9-37-22/h3-7,10-12,21-22,29H,8-9,13-16H2,1-2H3,(H,30,32,33)/t22-/m0/s1. The summed E-state index contributed by atoms with van der Waals surface area (Å²) in [5.41, 5.74) is 5.91. The summed E-state index contributed by atoms with van der Waals surface area (Å²) in [6, 6.07) is 14.2. The van der Waals surface area contributed by atoms with E-state index in [1.165, 1.54) is 0 Å². The Morgan fingerprint density at radius 1 is 1.11 bits per heavy atom. The number of aromatic nitrogens is 4. The third-order valence-electron chi connectivity index (χ3n) is 6.89. The number of nitrogens with zero attached hydrogens (tertiary/aromatic N) is 4. The molecule has 2 saturated heterocycles. The van der Waals surface area contributed by atoms with Crippen LogP contribution in [0.2, 0.25) is 0 Å². The molecule has 0 spiro atoms. The van der Waals surface area contributed by atoms with Gasteiger partial charge in [0, 0.05) is 41.5 Å². The zero-order valence-electron chi connectivity index (χ0n) is 21.0. The minimum atomic E-state index is -0.118. The van der Waals surface area contributed by atoms with Crippen LogP contribution in [0.25, 0.3) is 33.4 Å². The van der Waals surface area contributed by atoms with Crippen molar-refractivity contribution in [2.75, 3.05) is 38.2 Å². The SMILES string of the molecule is Cc1cccc(-c2ccc(-c3cc4cnc(NC5COC5)nc4n(C[C@@H]4CNCCO4)c3=O)c(C)c2)n1. The third kappa shape index (κ3) is 4.85. The maximum atomic E-state index is 14.0. The summed E-state index contributed by atoms with van der Waals surface area (Å²) in [6.07, 6.45) is 1.66. The third-order valence-corrected chi connectivity index (χ3v) is 6.89. The van der Waals surface area contributed by atoms with E-state index in [1.807, 2.05) is 50.2 Å². The molecule has 2 aliphatic heterocycles. The van der Waals surface area contributed by atoms with Gasteiger partial charge in [0.25, 0.3) is 5.56 Å². The smallest absolute Gasteiger partial charge is 0.260 e. The monoisotopic (exact) mass is 498 g/mol. The van der Waals surface area contributed by atoms with Crippen molar-refractivity contribution in [2.45, 2.75) is 32.5 Å². The maximum Gasteiger partial charge on any atom is 0.260 e. The number of fused-ring (bicyclic) bond motifs is 1. The number of rotatable bonds is 6. The molecule has 2 fully saturated rings. The van der Waals surface area contributed by atoms with Gasteiger partial charge in [-0.15, -0.1) is 0 Å². The molecule has 6 rings (SSSR count). The Morgan fingerprint density at radius 3 is 2.73 bits per heavy atom. The average molecular weight is 499 g/mol. The fraction of sp³-hybridized carbons (Fsp3) is 0.357. The molecule has 190 valence electrons. The molecule has 0 saturated carbocycles. The van der Waals surface area contributed by atoms with Crippen molar-refractivity contribution in [1.82, 2.24) is 24.8 Å². The van der Waals surface area contributed by atoms with Gasteiger partial charge in [0.15, 0.2) is 0 Å². The highest BCUT2D eigenvalue weighted by atomic mass is 16.5. The van der Waals surface area contributed by atoms with E-state index in [0.717, 1.165) is 40.0 Å². The van der Waals surface area contributed by atoms with Gasteiger partial charge in [0.1, 0.15) is 5.65 Å². The van der Waals surface area contributed by atoms with Gasteiger partial charge in [-0.3, -0.25) is 14.3 Å². The number of hydrogen-bond donors (Lipinski definition) is 2. The van der Waals surface area contributed by atoms with E-state index >= 15 is 0 Å². The van der Waals surface area contributed by atoms with E-state index in [9.17, 15) is 4.79 Å². The molecule has 0 aliphatic carbocycles. The number of nitrogens with one attached hydrogen (secondary N) is 2. The normalized spacial score (nSPS) is 18.1. The lowest BCUT2D eigenvalue weighted by Gasteiger charge is -2.27. The Hall–Kier alpha value is -3.66. The highest BCUT2D eigenvalue weighted by Gasteiger charge is 2.22. The number of hydrogen-bond acceptors (Lipinski definition) is 8. The van der Waals surface area contributed by atoms with Crippen molar-refractivity contribution in [3.8, 4) is 22.4 Å². The highest BCUT2D eigenvalue weighted by Crippen LogP contribution is 2.28. The number of benzene rings is 1. The van der Waals surface area contributed by atoms with Crippen molar-refractivity contribution in [3.05, 3.63) is 70.3 Å². The second kappa shape index (κ2) is 10.0. The zero-order chi connectivity index (χ0) is 25.4. The number of morpholine rings is 1. The predicted molar refractivity (Wildman–Crippen MR) is 143 cm³/mol. The van der Waals surface area contributed by atoms with E-state index in [1.54, 1.807) is 10.8 Å². The van der Waals surface area contributed by atoms with Gasteiger partial charge in [0.05, 0.1) is 44.2 Å². The van der Waals surface area contributed by atoms with E-state index in [2.05, 4.69) is 26.7 Å². The minimum Gasteiger partial charge on any atom is -0.377 e. The van der Waals surface area contributed by atoms with Crippen molar-refractivity contribution in [1.29, 1.82) is 0 Å². The van der Waals surface area contributed by atoms with Crippen LogP contribution in [0, 0.1) is 13.8 Å². The zero-order valence-corrected chi connectivity index (χ0v) is 21.0. The fourth-order valence-electron chi connectivity index (χ4n) is 4.86. The quantitative estimate of drug-likeness (QED) is 0.418. The predicted octanol–water partition coefficient (Wildman–Crippen LogP) is 2.94. The molecule has 0 amide bonds. The van der Waals surface area contributed by atoms with E-state index in [-0.39, 0.29) is 17.7 Å². The van der Waals surface area contributed by atoms with Crippen molar-refractivity contribution in [3.63, 3.8) is 0 Å². The van der Waals surface area contributed by atoms with Gasteiger partial charge in [-0.2, -0.15) is 4.98 Å². The van der Waals surface area contributed by atoms with E-state index in [4.69, 9.17) is 14.5 Å². The lowest BCUT2D eigenvalue weighted by molar-refractivity contribution is 0.0183. The first-order valence-electron chi connectivity index (χ1n) is 12.7. The molecule has 1 aromatic carbocycles. The van der Waals surface area contributed by atoms with Gasteiger partial charge in [-0.1, -0.05) is 18.2 Å². The number of anilines is 1. The molecule has 4 aromatic rings. The van der Waals surface area contributed by atoms with Crippen LogP contribution >= 0.6 is 0 Å². The van der Waals surface area contributed by atoms with Gasteiger partial charge in [-0.05, 0) is 49.2 Å².